The lowest BCUT2D eigenvalue weighted by atomic mass is 9.95. The van der Waals surface area contributed by atoms with E-state index in [0.29, 0.717) is 6.42 Å². The average Bonchev–Trinajstić information content (AvgIpc) is 2.89. The summed E-state index contributed by atoms with van der Waals surface area (Å²) in [6.45, 7) is 1.77. The molecule has 0 spiro atoms. The molecule has 0 fully saturated rings. The number of hydrogen-bond acceptors (Lipinski definition) is 9. The van der Waals surface area contributed by atoms with Gasteiger partial charge in [-0.25, -0.2) is 4.79 Å². The number of phenolic OH excluding ortho intramolecular Hbond substituents is 5. The molecule has 0 atom stereocenters. The second kappa shape index (κ2) is 10.8. The second-order valence-electron chi connectivity index (χ2n) is 8.36. The molecule has 0 radical (unpaired) electrons. The fourth-order valence-electron chi connectivity index (χ4n) is 3.79. The van der Waals surface area contributed by atoms with E-state index in [1.807, 2.05) is 0 Å². The van der Waals surface area contributed by atoms with Crippen LogP contribution in [-0.2, 0) is 4.79 Å². The summed E-state index contributed by atoms with van der Waals surface area (Å²) in [5.74, 6) is -3.84. The highest BCUT2D eigenvalue weighted by Gasteiger charge is 2.31. The Hall–Kier alpha value is -5.18. The van der Waals surface area contributed by atoms with Gasteiger partial charge in [0.2, 0.25) is 0 Å². The van der Waals surface area contributed by atoms with E-state index in [9.17, 15) is 35.1 Å². The van der Waals surface area contributed by atoms with Gasteiger partial charge in [-0.3, -0.25) is 4.79 Å². The molecule has 0 bridgehead atoms. The number of aromatic hydroxyl groups is 5. The van der Waals surface area contributed by atoms with Crippen molar-refractivity contribution in [2.45, 2.75) is 19.8 Å². The zero-order valence-corrected chi connectivity index (χ0v) is 20.2. The van der Waals surface area contributed by atoms with Crippen LogP contribution in [0.1, 0.15) is 30.1 Å². The van der Waals surface area contributed by atoms with E-state index >= 15 is 0 Å². The molecule has 0 aliphatic carbocycles. The first kappa shape index (κ1) is 25.9. The van der Waals surface area contributed by atoms with Gasteiger partial charge in [-0.1, -0.05) is 31.2 Å². The van der Waals surface area contributed by atoms with Crippen LogP contribution in [0.5, 0.6) is 40.2 Å². The molecule has 0 aliphatic heterocycles. The fourth-order valence-corrected chi connectivity index (χ4v) is 3.79. The summed E-state index contributed by atoms with van der Waals surface area (Å²) in [6.07, 6.45) is 0.495. The zero-order valence-electron chi connectivity index (χ0n) is 20.2. The molecule has 5 N–H and O–H groups in total. The normalized spacial score (nSPS) is 10.7. The molecule has 0 aliphatic rings. The predicted octanol–water partition coefficient (Wildman–Crippen LogP) is 5.47. The van der Waals surface area contributed by atoms with Crippen molar-refractivity contribution >= 4 is 11.9 Å². The predicted molar refractivity (Wildman–Crippen MR) is 138 cm³/mol. The molecule has 0 saturated heterocycles. The minimum Gasteiger partial charge on any atom is -0.508 e. The highest BCUT2D eigenvalue weighted by molar-refractivity contribution is 5.98. The Balaban J connectivity index is 1.99. The summed E-state index contributed by atoms with van der Waals surface area (Å²) < 4.78 is 11.1. The Kier molecular flexibility index (Phi) is 7.38. The molecule has 4 aromatic rings. The molecule has 38 heavy (non-hydrogen) atoms. The van der Waals surface area contributed by atoms with Gasteiger partial charge in [0.15, 0.2) is 23.0 Å². The number of carbonyl (C=O) groups is 2. The fraction of sp³-hybridized carbons (Fsp3) is 0.103. The lowest BCUT2D eigenvalue weighted by molar-refractivity contribution is -0.134. The van der Waals surface area contributed by atoms with Crippen molar-refractivity contribution in [3.8, 4) is 62.5 Å². The van der Waals surface area contributed by atoms with Crippen molar-refractivity contribution in [3.05, 3.63) is 78.4 Å². The van der Waals surface area contributed by atoms with Gasteiger partial charge in [0.1, 0.15) is 17.2 Å². The maximum absolute atomic E-state index is 13.0. The number of benzene rings is 4. The summed E-state index contributed by atoms with van der Waals surface area (Å²) in [6, 6.07) is 16.2. The van der Waals surface area contributed by atoms with E-state index in [1.165, 1.54) is 72.8 Å². The molecule has 9 nitrogen and oxygen atoms in total. The van der Waals surface area contributed by atoms with Crippen LogP contribution in [0.2, 0.25) is 0 Å². The maximum Gasteiger partial charge on any atom is 0.343 e. The summed E-state index contributed by atoms with van der Waals surface area (Å²) in [5, 5.41) is 51.9. The molecule has 9 heteroatoms. The molecule has 4 rings (SSSR count). The van der Waals surface area contributed by atoms with Crippen molar-refractivity contribution in [2.75, 3.05) is 0 Å². The summed E-state index contributed by atoms with van der Waals surface area (Å²) in [7, 11) is 0. The minimum absolute atomic E-state index is 0.0291. The summed E-state index contributed by atoms with van der Waals surface area (Å²) >= 11 is 0. The molecule has 0 saturated carbocycles. The van der Waals surface area contributed by atoms with E-state index < -0.39 is 29.2 Å². The van der Waals surface area contributed by atoms with Crippen molar-refractivity contribution in [1.29, 1.82) is 0 Å². The lowest BCUT2D eigenvalue weighted by Crippen LogP contribution is -2.12. The van der Waals surface area contributed by atoms with E-state index in [2.05, 4.69) is 0 Å². The number of esters is 2. The average molecular weight is 517 g/mol. The second-order valence-corrected chi connectivity index (χ2v) is 8.36. The molecular weight excluding hydrogens is 492 g/mol. The number of ether oxygens (including phenoxy) is 2. The standard InChI is InChI=1S/C29H24O9/c1-2-3-22(33)37-27-23(16-4-10-19(30)11-5-16)26(35)28(38-29(36)18-8-14-21(32)15-9-18)24(25(27)34)17-6-12-20(31)13-7-17/h4-15,30-32,34-35H,2-3H2,1H3. The summed E-state index contributed by atoms with van der Waals surface area (Å²) in [5.41, 5.74) is 0.200. The van der Waals surface area contributed by atoms with Crippen LogP contribution in [0.25, 0.3) is 22.3 Å². The number of carbonyl (C=O) groups excluding carboxylic acids is 2. The first-order valence-electron chi connectivity index (χ1n) is 11.6. The minimum atomic E-state index is -0.910. The monoisotopic (exact) mass is 516 g/mol. The Bertz CT molecular complexity index is 1470. The lowest BCUT2D eigenvalue weighted by Gasteiger charge is -2.21. The molecular formula is C29H24O9. The van der Waals surface area contributed by atoms with Crippen molar-refractivity contribution in [2.24, 2.45) is 0 Å². The van der Waals surface area contributed by atoms with Gasteiger partial charge in [0, 0.05) is 6.42 Å². The van der Waals surface area contributed by atoms with Crippen LogP contribution in [0, 0.1) is 0 Å². The molecule has 0 heterocycles. The van der Waals surface area contributed by atoms with Gasteiger partial charge in [0.25, 0.3) is 0 Å². The highest BCUT2D eigenvalue weighted by atomic mass is 16.6. The molecule has 4 aromatic carbocycles. The molecule has 0 aromatic heterocycles. The van der Waals surface area contributed by atoms with E-state index in [4.69, 9.17) is 9.47 Å². The topological polar surface area (TPSA) is 154 Å². The van der Waals surface area contributed by atoms with Gasteiger partial charge in [-0.05, 0) is 66.1 Å². The third-order valence-electron chi connectivity index (χ3n) is 5.64. The van der Waals surface area contributed by atoms with Crippen LogP contribution in [0.3, 0.4) is 0 Å². The Morgan fingerprint density at radius 1 is 0.605 bits per heavy atom. The van der Waals surface area contributed by atoms with Crippen LogP contribution >= 0.6 is 0 Å². The van der Waals surface area contributed by atoms with Gasteiger partial charge in [-0.2, -0.15) is 0 Å². The van der Waals surface area contributed by atoms with Gasteiger partial charge in [-0.15, -0.1) is 0 Å². The van der Waals surface area contributed by atoms with Crippen LogP contribution < -0.4 is 9.47 Å². The maximum atomic E-state index is 13.0. The number of hydrogen-bond donors (Lipinski definition) is 5. The van der Waals surface area contributed by atoms with E-state index in [1.54, 1.807) is 6.92 Å². The van der Waals surface area contributed by atoms with Crippen LogP contribution in [0.4, 0.5) is 0 Å². The first-order valence-corrected chi connectivity index (χ1v) is 11.6. The SMILES string of the molecule is CCCC(=O)Oc1c(O)c(-c2ccc(O)cc2)c(OC(=O)c2ccc(O)cc2)c(O)c1-c1ccc(O)cc1. The number of rotatable bonds is 7. The largest absolute Gasteiger partial charge is 0.508 e. The van der Waals surface area contributed by atoms with Crippen LogP contribution in [0.15, 0.2) is 72.8 Å². The molecule has 0 unspecified atom stereocenters. The smallest absolute Gasteiger partial charge is 0.343 e. The highest BCUT2D eigenvalue weighted by Crippen LogP contribution is 2.56. The van der Waals surface area contributed by atoms with Crippen molar-refractivity contribution < 1.29 is 44.6 Å². The third kappa shape index (κ3) is 5.31. The van der Waals surface area contributed by atoms with E-state index in [0.717, 1.165) is 0 Å². The van der Waals surface area contributed by atoms with Gasteiger partial charge >= 0.3 is 11.9 Å². The number of phenols is 5. The zero-order chi connectivity index (χ0) is 27.4. The molecule has 0 amide bonds. The summed E-state index contributed by atoms with van der Waals surface area (Å²) in [4.78, 5) is 25.5. The van der Waals surface area contributed by atoms with Gasteiger partial charge < -0.3 is 35.0 Å². The quantitative estimate of drug-likeness (QED) is 0.122. The van der Waals surface area contributed by atoms with Crippen LogP contribution in [-0.4, -0.2) is 37.5 Å². The third-order valence-corrected chi connectivity index (χ3v) is 5.64. The van der Waals surface area contributed by atoms with Gasteiger partial charge in [0.05, 0.1) is 16.7 Å². The first-order chi connectivity index (χ1) is 18.2. The van der Waals surface area contributed by atoms with E-state index in [-0.39, 0.29) is 57.2 Å². The molecule has 194 valence electrons. The Morgan fingerprint density at radius 2 is 1.00 bits per heavy atom. The van der Waals surface area contributed by atoms with Crippen molar-refractivity contribution in [3.63, 3.8) is 0 Å². The van der Waals surface area contributed by atoms with Crippen molar-refractivity contribution in [1.82, 2.24) is 0 Å². The Morgan fingerprint density at radius 3 is 1.42 bits per heavy atom. The Labute approximate surface area is 217 Å².